The van der Waals surface area contributed by atoms with Crippen molar-refractivity contribution in [3.8, 4) is 17.2 Å². The molecule has 6 heteroatoms. The van der Waals surface area contributed by atoms with E-state index >= 15 is 0 Å². The molecule has 1 unspecified atom stereocenters. The fraction of sp³-hybridized carbons (Fsp3) is 0.250. The zero-order chi connectivity index (χ0) is 22.1. The number of rotatable bonds is 11. The van der Waals surface area contributed by atoms with Crippen molar-refractivity contribution >= 4 is 11.8 Å². The number of carbonyl (C=O) groups is 2. The van der Waals surface area contributed by atoms with Crippen LogP contribution in [0.15, 0.2) is 61.7 Å². The van der Waals surface area contributed by atoms with Gasteiger partial charge < -0.3 is 19.3 Å². The average molecular weight is 410 g/mol. The molecular weight excluding hydrogens is 384 g/mol. The highest BCUT2D eigenvalue weighted by Gasteiger charge is 2.29. The number of carbonyl (C=O) groups excluding carboxylic acids is 2. The summed E-state index contributed by atoms with van der Waals surface area (Å²) >= 11 is 0. The zero-order valence-electron chi connectivity index (χ0n) is 17.2. The lowest BCUT2D eigenvalue weighted by atomic mass is 9.87. The summed E-state index contributed by atoms with van der Waals surface area (Å²) < 4.78 is 16.4. The second kappa shape index (κ2) is 10.9. The quantitative estimate of drug-likeness (QED) is 0.335. The van der Waals surface area contributed by atoms with Crippen LogP contribution in [0.3, 0.4) is 0 Å². The molecule has 0 bridgehead atoms. The molecular formula is C24H26O6. The first-order valence-electron chi connectivity index (χ1n) is 9.53. The minimum atomic E-state index is -0.704. The van der Waals surface area contributed by atoms with E-state index in [1.165, 1.54) is 19.2 Å². The van der Waals surface area contributed by atoms with E-state index in [0.29, 0.717) is 17.7 Å². The minimum absolute atomic E-state index is 0.0399. The maximum atomic E-state index is 13.4. The molecule has 0 amide bonds. The van der Waals surface area contributed by atoms with Gasteiger partial charge in [-0.05, 0) is 30.2 Å². The lowest BCUT2D eigenvalue weighted by Gasteiger charge is -2.21. The van der Waals surface area contributed by atoms with Gasteiger partial charge in [-0.25, -0.2) is 0 Å². The van der Waals surface area contributed by atoms with Crippen molar-refractivity contribution < 1.29 is 28.9 Å². The number of hydrogen-bond donors (Lipinski definition) is 1. The number of ether oxygens (including phenoxy) is 3. The molecule has 0 aliphatic rings. The summed E-state index contributed by atoms with van der Waals surface area (Å²) in [5.41, 5.74) is 0.906. The molecule has 0 aliphatic carbocycles. The van der Waals surface area contributed by atoms with E-state index in [9.17, 15) is 14.7 Å². The molecule has 30 heavy (non-hydrogen) atoms. The second-order valence-corrected chi connectivity index (χ2v) is 6.45. The summed E-state index contributed by atoms with van der Waals surface area (Å²) in [6.07, 6.45) is 3.54. The third kappa shape index (κ3) is 5.29. The molecule has 2 aromatic rings. The Morgan fingerprint density at radius 1 is 1.10 bits per heavy atom. The third-order valence-corrected chi connectivity index (χ3v) is 4.44. The topological polar surface area (TPSA) is 82.1 Å². The van der Waals surface area contributed by atoms with Crippen molar-refractivity contribution in [2.24, 2.45) is 0 Å². The number of hydrogen-bond acceptors (Lipinski definition) is 6. The van der Waals surface area contributed by atoms with Crippen LogP contribution in [-0.4, -0.2) is 37.2 Å². The van der Waals surface area contributed by atoms with Crippen LogP contribution in [0.25, 0.3) is 0 Å². The molecule has 0 fully saturated rings. The first-order chi connectivity index (χ1) is 14.5. The van der Waals surface area contributed by atoms with Gasteiger partial charge in [-0.3, -0.25) is 9.59 Å². The fourth-order valence-electron chi connectivity index (χ4n) is 3.08. The number of ketones is 1. The number of methoxy groups -OCH3 is 1. The van der Waals surface area contributed by atoms with E-state index in [-0.39, 0.29) is 35.8 Å². The van der Waals surface area contributed by atoms with Gasteiger partial charge >= 0.3 is 5.97 Å². The van der Waals surface area contributed by atoms with Gasteiger partial charge in [0.2, 0.25) is 0 Å². The Morgan fingerprint density at radius 2 is 1.80 bits per heavy atom. The Balaban J connectivity index is 2.75. The standard InChI is InChI=1S/C24H26O6/c1-5-11-29-18-14-20(19(7-3)24(27)28-4)22(21(15-18)30-12-6-2)23(26)16-9-8-10-17(25)13-16/h5-6,8-10,13-15,19,25H,1-2,7,11-12H2,3-4H3. The van der Waals surface area contributed by atoms with Crippen molar-refractivity contribution in [2.45, 2.75) is 19.3 Å². The predicted molar refractivity (Wildman–Crippen MR) is 114 cm³/mol. The van der Waals surface area contributed by atoms with Gasteiger partial charge in [-0.1, -0.05) is 44.4 Å². The highest BCUT2D eigenvalue weighted by Crippen LogP contribution is 2.37. The van der Waals surface area contributed by atoms with Crippen LogP contribution in [0.2, 0.25) is 0 Å². The van der Waals surface area contributed by atoms with E-state index in [0.717, 1.165) is 0 Å². The Hall–Kier alpha value is -3.54. The largest absolute Gasteiger partial charge is 0.508 e. The summed E-state index contributed by atoms with van der Waals surface area (Å²) in [5.74, 6) is -0.928. The van der Waals surface area contributed by atoms with E-state index in [1.807, 2.05) is 6.92 Å². The Kier molecular flexibility index (Phi) is 8.23. The highest BCUT2D eigenvalue weighted by molar-refractivity contribution is 6.12. The number of phenolic OH excluding ortho intramolecular Hbond substituents is 1. The summed E-state index contributed by atoms with van der Waals surface area (Å²) in [6, 6.07) is 9.24. The lowest BCUT2D eigenvalue weighted by molar-refractivity contribution is -0.142. The molecule has 0 heterocycles. The molecule has 0 saturated heterocycles. The molecule has 2 aromatic carbocycles. The summed E-state index contributed by atoms with van der Waals surface area (Å²) in [7, 11) is 1.30. The Morgan fingerprint density at radius 3 is 2.40 bits per heavy atom. The van der Waals surface area contributed by atoms with Gasteiger partial charge in [-0.15, -0.1) is 0 Å². The van der Waals surface area contributed by atoms with Gasteiger partial charge in [-0.2, -0.15) is 0 Å². The van der Waals surface area contributed by atoms with Gasteiger partial charge in [0.25, 0.3) is 0 Å². The van der Waals surface area contributed by atoms with Gasteiger partial charge in [0.05, 0.1) is 18.6 Å². The SMILES string of the molecule is C=CCOc1cc(OCC=C)c(C(=O)c2cccc(O)c2)c(C(CC)C(=O)OC)c1. The highest BCUT2D eigenvalue weighted by atomic mass is 16.5. The monoisotopic (exact) mass is 410 g/mol. The van der Waals surface area contributed by atoms with Crippen LogP contribution in [-0.2, 0) is 9.53 Å². The van der Waals surface area contributed by atoms with Crippen molar-refractivity contribution in [3.63, 3.8) is 0 Å². The Labute approximate surface area is 176 Å². The van der Waals surface area contributed by atoms with Crippen LogP contribution in [0, 0.1) is 0 Å². The number of benzene rings is 2. The van der Waals surface area contributed by atoms with Crippen LogP contribution in [0.1, 0.15) is 40.7 Å². The Bertz CT molecular complexity index is 931. The lowest BCUT2D eigenvalue weighted by Crippen LogP contribution is -2.19. The van der Waals surface area contributed by atoms with E-state index in [4.69, 9.17) is 14.2 Å². The van der Waals surface area contributed by atoms with Crippen LogP contribution < -0.4 is 9.47 Å². The summed E-state index contributed by atoms with van der Waals surface area (Å²) in [5, 5.41) is 9.81. The van der Waals surface area contributed by atoms with Crippen molar-refractivity contribution in [2.75, 3.05) is 20.3 Å². The molecule has 0 aliphatic heterocycles. The molecule has 1 atom stereocenters. The van der Waals surface area contributed by atoms with Gasteiger partial charge in [0.15, 0.2) is 5.78 Å². The zero-order valence-corrected chi connectivity index (χ0v) is 17.2. The number of esters is 1. The van der Waals surface area contributed by atoms with E-state index in [1.54, 1.807) is 36.4 Å². The molecule has 0 aromatic heterocycles. The molecule has 2 rings (SSSR count). The molecule has 6 nitrogen and oxygen atoms in total. The maximum absolute atomic E-state index is 13.4. The van der Waals surface area contributed by atoms with Gasteiger partial charge in [0.1, 0.15) is 30.5 Å². The van der Waals surface area contributed by atoms with Gasteiger partial charge in [0, 0.05) is 11.6 Å². The molecule has 1 N–H and O–H groups in total. The first-order valence-corrected chi connectivity index (χ1v) is 9.53. The van der Waals surface area contributed by atoms with Crippen LogP contribution in [0.4, 0.5) is 0 Å². The number of phenols is 1. The minimum Gasteiger partial charge on any atom is -0.508 e. The second-order valence-electron chi connectivity index (χ2n) is 6.45. The van der Waals surface area contributed by atoms with Crippen molar-refractivity contribution in [3.05, 3.63) is 78.4 Å². The molecule has 0 radical (unpaired) electrons. The van der Waals surface area contributed by atoms with Crippen LogP contribution >= 0.6 is 0 Å². The molecule has 0 spiro atoms. The summed E-state index contributed by atoms with van der Waals surface area (Å²) in [6.45, 7) is 9.50. The maximum Gasteiger partial charge on any atom is 0.313 e. The predicted octanol–water partition coefficient (Wildman–Crippen LogP) is 4.42. The summed E-state index contributed by atoms with van der Waals surface area (Å²) in [4.78, 5) is 25.9. The smallest absolute Gasteiger partial charge is 0.313 e. The van der Waals surface area contributed by atoms with Crippen molar-refractivity contribution in [1.29, 1.82) is 0 Å². The van der Waals surface area contributed by atoms with E-state index < -0.39 is 17.7 Å². The van der Waals surface area contributed by atoms with Crippen molar-refractivity contribution in [1.82, 2.24) is 0 Å². The first kappa shape index (κ1) is 22.7. The average Bonchev–Trinajstić information content (AvgIpc) is 2.75. The van der Waals surface area contributed by atoms with Crippen LogP contribution in [0.5, 0.6) is 17.2 Å². The number of aromatic hydroxyl groups is 1. The normalized spacial score (nSPS) is 11.3. The third-order valence-electron chi connectivity index (χ3n) is 4.44. The molecule has 158 valence electrons. The fourth-order valence-corrected chi connectivity index (χ4v) is 3.08. The molecule has 0 saturated carbocycles. The van der Waals surface area contributed by atoms with E-state index in [2.05, 4.69) is 13.2 Å².